The minimum absolute atomic E-state index is 0.121. The number of carbonyl (C=O) groups is 2. The zero-order valence-corrected chi connectivity index (χ0v) is 25.8. The summed E-state index contributed by atoms with van der Waals surface area (Å²) in [6.07, 6.45) is 3.53. The minimum Gasteiger partial charge on any atom is -0.391 e. The molecule has 2 N–H and O–H groups in total. The predicted octanol–water partition coefficient (Wildman–Crippen LogP) is 5.92. The van der Waals surface area contributed by atoms with E-state index in [1.807, 2.05) is 54.1 Å². The number of aliphatic hydroxyl groups excluding tert-OH is 1. The van der Waals surface area contributed by atoms with E-state index < -0.39 is 12.1 Å². The molecule has 2 fully saturated rings. The summed E-state index contributed by atoms with van der Waals surface area (Å²) in [4.78, 5) is 31.0. The molecule has 2 aromatic heterocycles. The maximum Gasteiger partial charge on any atom is 0.234 e. The van der Waals surface area contributed by atoms with Crippen LogP contribution in [-0.2, 0) is 16.1 Å². The molecule has 3 atom stereocenters. The van der Waals surface area contributed by atoms with Crippen molar-refractivity contribution in [3.05, 3.63) is 58.6 Å². The van der Waals surface area contributed by atoms with Crippen LogP contribution < -0.4 is 5.32 Å². The van der Waals surface area contributed by atoms with E-state index in [1.165, 1.54) is 20.9 Å². The molecule has 1 amide bonds. The average molecular weight is 571 g/mol. The van der Waals surface area contributed by atoms with Gasteiger partial charge in [-0.15, -0.1) is 11.3 Å². The molecule has 8 nitrogen and oxygen atoms in total. The molecule has 0 radical (unpaired) electrons. The minimum atomic E-state index is -0.623. The average Bonchev–Trinajstić information content (AvgIpc) is 3.68. The molecule has 3 heterocycles. The summed E-state index contributed by atoms with van der Waals surface area (Å²) in [6.45, 7) is 13.0. The van der Waals surface area contributed by atoms with Crippen LogP contribution in [0.4, 0.5) is 0 Å². The van der Waals surface area contributed by atoms with E-state index in [4.69, 9.17) is 4.52 Å². The lowest BCUT2D eigenvalue weighted by Gasteiger charge is -2.34. The van der Waals surface area contributed by atoms with Gasteiger partial charge in [0.1, 0.15) is 18.0 Å². The summed E-state index contributed by atoms with van der Waals surface area (Å²) in [6, 6.07) is 9.90. The van der Waals surface area contributed by atoms with Crippen molar-refractivity contribution in [1.29, 1.82) is 0 Å². The van der Waals surface area contributed by atoms with Crippen LogP contribution >= 0.6 is 11.3 Å². The summed E-state index contributed by atoms with van der Waals surface area (Å²) < 4.78 is 5.31. The van der Waals surface area contributed by atoms with Crippen molar-refractivity contribution in [2.24, 2.45) is 5.92 Å². The van der Waals surface area contributed by atoms with Crippen molar-refractivity contribution in [3.63, 3.8) is 0 Å². The Balaban J connectivity index is 0.000000260. The Kier molecular flexibility index (Phi) is 14.2. The van der Waals surface area contributed by atoms with Crippen LogP contribution in [0, 0.1) is 19.8 Å². The predicted molar refractivity (Wildman–Crippen MR) is 161 cm³/mol. The van der Waals surface area contributed by atoms with Gasteiger partial charge in [0.15, 0.2) is 0 Å². The van der Waals surface area contributed by atoms with Gasteiger partial charge in [-0.05, 0) is 50.8 Å². The number of nitrogens with zero attached hydrogens (tertiary/aromatic N) is 3. The SMILES string of the molecule is CC.CC.CNCc1ccc(-c2scnc2C)cc1.Cc1cc(C(C(=O)N2CC(O)CC2C=O)C2CCC2)on1. The van der Waals surface area contributed by atoms with Crippen molar-refractivity contribution in [3.8, 4) is 10.4 Å². The fourth-order valence-corrected chi connectivity index (χ4v) is 5.63. The number of rotatable bonds is 7. The van der Waals surface area contributed by atoms with Crippen LogP contribution in [0.5, 0.6) is 0 Å². The summed E-state index contributed by atoms with van der Waals surface area (Å²) in [5.41, 5.74) is 6.32. The highest BCUT2D eigenvalue weighted by Gasteiger charge is 2.43. The summed E-state index contributed by atoms with van der Waals surface area (Å²) in [5.74, 6) is 0.320. The number of benzene rings is 1. The fraction of sp³-hybridized carbons (Fsp3) is 0.548. The Bertz CT molecular complexity index is 1160. The van der Waals surface area contributed by atoms with E-state index in [0.29, 0.717) is 12.2 Å². The van der Waals surface area contributed by atoms with Crippen LogP contribution in [0.2, 0.25) is 0 Å². The number of hydrogen-bond donors (Lipinski definition) is 2. The second-order valence-electron chi connectivity index (χ2n) is 9.62. The summed E-state index contributed by atoms with van der Waals surface area (Å²) in [5, 5.41) is 16.7. The van der Waals surface area contributed by atoms with Crippen molar-refractivity contribution in [2.45, 2.75) is 91.8 Å². The van der Waals surface area contributed by atoms with Gasteiger partial charge in [0, 0.05) is 25.6 Å². The van der Waals surface area contributed by atoms with E-state index >= 15 is 0 Å². The van der Waals surface area contributed by atoms with E-state index in [0.717, 1.165) is 43.5 Å². The number of aldehydes is 1. The molecule has 3 unspecified atom stereocenters. The molecule has 1 saturated carbocycles. The first-order valence-corrected chi connectivity index (χ1v) is 15.3. The third kappa shape index (κ3) is 8.56. The molecule has 9 heteroatoms. The second-order valence-corrected chi connectivity index (χ2v) is 10.5. The van der Waals surface area contributed by atoms with Gasteiger partial charge in [-0.2, -0.15) is 0 Å². The van der Waals surface area contributed by atoms with Crippen LogP contribution in [0.1, 0.15) is 82.0 Å². The van der Waals surface area contributed by atoms with E-state index in [9.17, 15) is 14.7 Å². The first-order valence-electron chi connectivity index (χ1n) is 14.4. The highest BCUT2D eigenvalue weighted by atomic mass is 32.1. The molecule has 5 rings (SSSR count). The first-order chi connectivity index (χ1) is 19.4. The van der Waals surface area contributed by atoms with Crippen LogP contribution in [0.3, 0.4) is 0 Å². The Hall–Kier alpha value is -2.88. The van der Waals surface area contributed by atoms with E-state index in [1.54, 1.807) is 17.4 Å². The Morgan fingerprint density at radius 3 is 2.35 bits per heavy atom. The third-order valence-electron chi connectivity index (χ3n) is 6.94. The standard InChI is InChI=1S/C15H20N2O4.C12H14N2S.2C2H6/c1-9-5-13(21-16-9)14(10-3-2-4-10)15(20)17-7-12(19)6-11(17)8-18;1-9-12(15-8-14-9)11-5-3-10(4-6-11)7-13-2;2*1-2/h5,8,10-12,14,19H,2-4,6-7H2,1H3;3-6,8,13H,7H2,1-2H3;2*1-2H3. The van der Waals surface area contributed by atoms with Gasteiger partial charge in [0.05, 0.1) is 33.9 Å². The Morgan fingerprint density at radius 1 is 1.20 bits per heavy atom. The zero-order valence-electron chi connectivity index (χ0n) is 25.0. The number of β-amino-alcohol motifs (C(OH)–C–C–N with tert-alkyl or cyclic N) is 1. The number of hydrogen-bond acceptors (Lipinski definition) is 8. The van der Waals surface area contributed by atoms with Gasteiger partial charge in [-0.25, -0.2) is 4.98 Å². The molecule has 3 aromatic rings. The maximum atomic E-state index is 12.9. The lowest BCUT2D eigenvalue weighted by atomic mass is 9.74. The lowest BCUT2D eigenvalue weighted by Crippen LogP contribution is -2.43. The molecular weight excluding hydrogens is 524 g/mol. The number of aromatic nitrogens is 2. The van der Waals surface area contributed by atoms with Gasteiger partial charge in [0.25, 0.3) is 0 Å². The van der Waals surface area contributed by atoms with Crippen molar-refractivity contribution in [1.82, 2.24) is 20.4 Å². The first kappa shape index (κ1) is 33.3. The fourth-order valence-electron chi connectivity index (χ4n) is 4.82. The largest absolute Gasteiger partial charge is 0.391 e. The monoisotopic (exact) mass is 570 g/mol. The molecule has 1 aromatic carbocycles. The topological polar surface area (TPSA) is 109 Å². The third-order valence-corrected chi connectivity index (χ3v) is 7.92. The number of aliphatic hydroxyl groups is 1. The van der Waals surface area contributed by atoms with Crippen LogP contribution in [-0.4, -0.2) is 58.1 Å². The van der Waals surface area contributed by atoms with Gasteiger partial charge >= 0.3 is 0 Å². The molecule has 0 bridgehead atoms. The van der Waals surface area contributed by atoms with Crippen LogP contribution in [0.25, 0.3) is 10.4 Å². The molecular formula is C31H46N4O4S. The number of nitrogens with one attached hydrogen (secondary N) is 1. The maximum absolute atomic E-state index is 12.9. The molecule has 2 aliphatic rings. The molecule has 1 aliphatic heterocycles. The zero-order chi connectivity index (χ0) is 29.7. The van der Waals surface area contributed by atoms with Crippen LogP contribution in [0.15, 0.2) is 40.4 Å². The summed E-state index contributed by atoms with van der Waals surface area (Å²) in [7, 11) is 1.96. The van der Waals surface area contributed by atoms with Gasteiger partial charge in [-0.3, -0.25) is 4.79 Å². The number of carbonyl (C=O) groups excluding carboxylic acids is 2. The van der Waals surface area contributed by atoms with Gasteiger partial charge in [0.2, 0.25) is 5.91 Å². The van der Waals surface area contributed by atoms with Gasteiger partial charge in [-0.1, -0.05) is 63.5 Å². The molecule has 220 valence electrons. The highest BCUT2D eigenvalue weighted by molar-refractivity contribution is 7.13. The molecule has 1 aliphatic carbocycles. The lowest BCUT2D eigenvalue weighted by molar-refractivity contribution is -0.138. The highest BCUT2D eigenvalue weighted by Crippen LogP contribution is 2.41. The quantitative estimate of drug-likeness (QED) is 0.340. The van der Waals surface area contributed by atoms with Crippen molar-refractivity contribution in [2.75, 3.05) is 13.6 Å². The smallest absolute Gasteiger partial charge is 0.234 e. The molecule has 0 spiro atoms. The number of likely N-dealkylation sites (tertiary alicyclic amines) is 1. The van der Waals surface area contributed by atoms with E-state index in [2.05, 4.69) is 39.7 Å². The second kappa shape index (κ2) is 17.0. The Morgan fingerprint density at radius 2 is 1.88 bits per heavy atom. The Labute approximate surface area is 243 Å². The van der Waals surface area contributed by atoms with Crippen molar-refractivity contribution < 1.29 is 19.2 Å². The normalized spacial score (nSPS) is 18.6. The molecule has 1 saturated heterocycles. The number of amides is 1. The number of thiazole rings is 1. The van der Waals surface area contributed by atoms with Gasteiger partial charge < -0.3 is 24.6 Å². The van der Waals surface area contributed by atoms with E-state index in [-0.39, 0.29) is 24.3 Å². The summed E-state index contributed by atoms with van der Waals surface area (Å²) >= 11 is 1.70. The van der Waals surface area contributed by atoms with Crippen molar-refractivity contribution >= 4 is 23.5 Å². The molecule has 40 heavy (non-hydrogen) atoms. The number of aryl methyl sites for hydroxylation is 2.